The van der Waals surface area contributed by atoms with E-state index in [1.165, 1.54) is 0 Å². The van der Waals surface area contributed by atoms with Crippen LogP contribution in [0.15, 0.2) is 70.5 Å². The molecule has 0 aliphatic carbocycles. The third-order valence-corrected chi connectivity index (χ3v) is 4.09. The predicted molar refractivity (Wildman–Crippen MR) is 95.3 cm³/mol. The first kappa shape index (κ1) is 15.4. The van der Waals surface area contributed by atoms with Crippen molar-refractivity contribution in [2.45, 2.75) is 6.42 Å². The number of carbonyl (C=O) groups excluding carboxylic acids is 1. The summed E-state index contributed by atoms with van der Waals surface area (Å²) in [5.41, 5.74) is 4.36. The second-order valence-corrected chi connectivity index (χ2v) is 5.86. The fraction of sp³-hybridized carbons (Fsp3) is 0.0556. The number of rotatable bonds is 4. The highest BCUT2D eigenvalue weighted by atomic mass is 79.9. The molecular weight excluding hydrogens is 354 g/mol. The third-order valence-electron chi connectivity index (χ3n) is 3.40. The first-order valence-corrected chi connectivity index (χ1v) is 7.91. The Morgan fingerprint density at radius 3 is 2.74 bits per heavy atom. The van der Waals surface area contributed by atoms with Crippen LogP contribution in [0.5, 0.6) is 0 Å². The topological polar surface area (TPSA) is 54.4 Å². The van der Waals surface area contributed by atoms with Crippen molar-refractivity contribution in [1.29, 1.82) is 0 Å². The van der Waals surface area contributed by atoms with E-state index in [-0.39, 0.29) is 12.3 Å². The monoisotopic (exact) mass is 367 g/mol. The van der Waals surface area contributed by atoms with Crippen LogP contribution in [0.1, 0.15) is 11.1 Å². The summed E-state index contributed by atoms with van der Waals surface area (Å²) in [5, 5.41) is 6.12. The van der Waals surface area contributed by atoms with Crippen molar-refractivity contribution in [3.63, 3.8) is 0 Å². The van der Waals surface area contributed by atoms with Crippen LogP contribution in [0.2, 0.25) is 0 Å². The Labute approximate surface area is 142 Å². The Kier molecular flexibility index (Phi) is 4.78. The molecule has 0 saturated heterocycles. The van der Waals surface area contributed by atoms with Crippen LogP contribution in [-0.2, 0) is 11.2 Å². The molecule has 0 saturated carbocycles. The van der Waals surface area contributed by atoms with Crippen molar-refractivity contribution in [1.82, 2.24) is 10.4 Å². The lowest BCUT2D eigenvalue weighted by molar-refractivity contribution is -0.120. The number of aromatic nitrogens is 1. The number of hydrogen-bond donors (Lipinski definition) is 1. The van der Waals surface area contributed by atoms with Gasteiger partial charge in [0.2, 0.25) is 5.91 Å². The van der Waals surface area contributed by atoms with E-state index in [1.807, 2.05) is 48.5 Å². The zero-order chi connectivity index (χ0) is 16.1. The van der Waals surface area contributed by atoms with Crippen molar-refractivity contribution in [3.8, 4) is 0 Å². The molecule has 1 aromatic heterocycles. The van der Waals surface area contributed by atoms with Gasteiger partial charge in [-0.15, -0.1) is 0 Å². The number of fused-ring (bicyclic) bond motifs is 1. The highest BCUT2D eigenvalue weighted by molar-refractivity contribution is 9.10. The average Bonchev–Trinajstić information content (AvgIpc) is 2.59. The van der Waals surface area contributed by atoms with Crippen molar-refractivity contribution in [2.75, 3.05) is 0 Å². The molecule has 0 aliphatic rings. The van der Waals surface area contributed by atoms with E-state index in [1.54, 1.807) is 18.6 Å². The normalized spacial score (nSPS) is 11.0. The molecule has 0 spiro atoms. The summed E-state index contributed by atoms with van der Waals surface area (Å²) in [6.07, 6.45) is 5.22. The highest BCUT2D eigenvalue weighted by Crippen LogP contribution is 2.27. The molecule has 23 heavy (non-hydrogen) atoms. The molecule has 5 heteroatoms. The maximum Gasteiger partial charge on any atom is 0.244 e. The number of nitrogens with one attached hydrogen (secondary N) is 1. The van der Waals surface area contributed by atoms with Crippen LogP contribution in [0.4, 0.5) is 0 Å². The van der Waals surface area contributed by atoms with Gasteiger partial charge in [0.05, 0.1) is 12.6 Å². The quantitative estimate of drug-likeness (QED) is 0.564. The molecule has 0 aliphatic heterocycles. The Morgan fingerprint density at radius 2 is 1.96 bits per heavy atom. The Morgan fingerprint density at radius 1 is 1.13 bits per heavy atom. The SMILES string of the molecule is O=C(Cc1ccc(Br)c2ccccc12)N/N=C/c1cccnc1. The van der Waals surface area contributed by atoms with E-state index in [0.717, 1.165) is 26.4 Å². The van der Waals surface area contributed by atoms with Crippen molar-refractivity contribution < 1.29 is 4.79 Å². The summed E-state index contributed by atoms with van der Waals surface area (Å²) in [5.74, 6) is -0.155. The van der Waals surface area contributed by atoms with Crippen LogP contribution in [-0.4, -0.2) is 17.1 Å². The maximum absolute atomic E-state index is 12.1. The van der Waals surface area contributed by atoms with Crippen LogP contribution < -0.4 is 5.43 Å². The van der Waals surface area contributed by atoms with Gasteiger partial charge < -0.3 is 0 Å². The summed E-state index contributed by atoms with van der Waals surface area (Å²) in [7, 11) is 0. The van der Waals surface area contributed by atoms with Gasteiger partial charge in [-0.2, -0.15) is 5.10 Å². The second kappa shape index (κ2) is 7.15. The van der Waals surface area contributed by atoms with E-state index >= 15 is 0 Å². The van der Waals surface area contributed by atoms with E-state index in [9.17, 15) is 4.79 Å². The lowest BCUT2D eigenvalue weighted by Gasteiger charge is -2.07. The van der Waals surface area contributed by atoms with Gasteiger partial charge in [0.1, 0.15) is 0 Å². The molecule has 2 aromatic carbocycles. The molecule has 0 unspecified atom stereocenters. The van der Waals surface area contributed by atoms with Gasteiger partial charge in [-0.05, 0) is 28.5 Å². The number of amides is 1. The number of hydrogen-bond acceptors (Lipinski definition) is 3. The molecule has 0 atom stereocenters. The van der Waals surface area contributed by atoms with Gasteiger partial charge >= 0.3 is 0 Å². The fourth-order valence-electron chi connectivity index (χ4n) is 2.32. The van der Waals surface area contributed by atoms with Gasteiger partial charge in [0.15, 0.2) is 0 Å². The fourth-order valence-corrected chi connectivity index (χ4v) is 2.80. The number of carbonyl (C=O) groups is 1. The number of halogens is 1. The van der Waals surface area contributed by atoms with Crippen molar-refractivity contribution in [3.05, 3.63) is 76.5 Å². The molecule has 0 radical (unpaired) electrons. The summed E-state index contributed by atoms with van der Waals surface area (Å²) in [6, 6.07) is 15.6. The molecule has 1 amide bonds. The number of hydrazone groups is 1. The minimum Gasteiger partial charge on any atom is -0.273 e. The Bertz CT molecular complexity index is 863. The summed E-state index contributed by atoms with van der Waals surface area (Å²) in [4.78, 5) is 16.1. The van der Waals surface area contributed by atoms with Crippen LogP contribution in [0.3, 0.4) is 0 Å². The van der Waals surface area contributed by atoms with Gasteiger partial charge in [-0.3, -0.25) is 9.78 Å². The Balaban J connectivity index is 1.71. The maximum atomic E-state index is 12.1. The van der Waals surface area contributed by atoms with Gasteiger partial charge in [0, 0.05) is 22.4 Å². The van der Waals surface area contributed by atoms with E-state index in [2.05, 4.69) is 31.4 Å². The lowest BCUT2D eigenvalue weighted by atomic mass is 10.0. The highest BCUT2D eigenvalue weighted by Gasteiger charge is 2.08. The lowest BCUT2D eigenvalue weighted by Crippen LogP contribution is -2.19. The van der Waals surface area contributed by atoms with E-state index < -0.39 is 0 Å². The molecule has 114 valence electrons. The minimum absolute atomic E-state index is 0.155. The van der Waals surface area contributed by atoms with Crippen LogP contribution in [0, 0.1) is 0 Å². The summed E-state index contributed by atoms with van der Waals surface area (Å²) >= 11 is 3.54. The zero-order valence-corrected chi connectivity index (χ0v) is 13.8. The van der Waals surface area contributed by atoms with E-state index in [0.29, 0.717) is 0 Å². The van der Waals surface area contributed by atoms with Crippen LogP contribution >= 0.6 is 15.9 Å². The molecule has 0 bridgehead atoms. The Hall–Kier alpha value is -2.53. The number of nitrogens with zero attached hydrogens (tertiary/aromatic N) is 2. The third kappa shape index (κ3) is 3.81. The van der Waals surface area contributed by atoms with Crippen LogP contribution in [0.25, 0.3) is 10.8 Å². The number of pyridine rings is 1. The summed E-state index contributed by atoms with van der Waals surface area (Å²) < 4.78 is 1.02. The largest absolute Gasteiger partial charge is 0.273 e. The zero-order valence-electron chi connectivity index (χ0n) is 12.2. The molecule has 1 N–H and O–H groups in total. The molecule has 3 rings (SSSR count). The molecule has 1 heterocycles. The van der Waals surface area contributed by atoms with Gasteiger partial charge in [-0.25, -0.2) is 5.43 Å². The first-order valence-electron chi connectivity index (χ1n) is 7.12. The van der Waals surface area contributed by atoms with Crippen molar-refractivity contribution in [2.24, 2.45) is 5.10 Å². The average molecular weight is 368 g/mol. The standard InChI is InChI=1S/C18H14BrN3O/c19-17-8-7-14(15-5-1-2-6-16(15)17)10-18(23)22-21-12-13-4-3-9-20-11-13/h1-9,11-12H,10H2,(H,22,23)/b21-12+. The van der Waals surface area contributed by atoms with E-state index in [4.69, 9.17) is 0 Å². The number of benzene rings is 2. The summed E-state index contributed by atoms with van der Waals surface area (Å²) in [6.45, 7) is 0. The smallest absolute Gasteiger partial charge is 0.244 e. The minimum atomic E-state index is -0.155. The van der Waals surface area contributed by atoms with Gasteiger partial charge in [-0.1, -0.05) is 52.3 Å². The molecule has 0 fully saturated rings. The second-order valence-electron chi connectivity index (χ2n) is 5.01. The molecular formula is C18H14BrN3O. The molecule has 4 nitrogen and oxygen atoms in total. The predicted octanol–water partition coefficient (Wildman–Crippen LogP) is 3.69. The molecule has 3 aromatic rings. The van der Waals surface area contributed by atoms with Crippen molar-refractivity contribution >= 4 is 38.8 Å². The van der Waals surface area contributed by atoms with Gasteiger partial charge in [0.25, 0.3) is 0 Å². The first-order chi connectivity index (χ1) is 11.2.